The van der Waals surface area contributed by atoms with Gasteiger partial charge in [-0.25, -0.2) is 17.5 Å². The number of nitriles is 2. The molecule has 0 saturated carbocycles. The molecule has 0 saturated heterocycles. The zero-order chi connectivity index (χ0) is 32.1. The van der Waals surface area contributed by atoms with Crippen molar-refractivity contribution in [2.75, 3.05) is 13.1 Å². The Balaban J connectivity index is 1.46. The smallest absolute Gasteiger partial charge is 0.273 e. The number of benzene rings is 3. The summed E-state index contributed by atoms with van der Waals surface area (Å²) in [5.41, 5.74) is 0.690. The molecule has 4 aromatic rings. The molecule has 1 heterocycles. The van der Waals surface area contributed by atoms with Crippen LogP contribution in [0.25, 0.3) is 10.9 Å². The summed E-state index contributed by atoms with van der Waals surface area (Å²) in [5, 5.41) is 28.3. The van der Waals surface area contributed by atoms with Gasteiger partial charge in [-0.05, 0) is 47.9 Å². The van der Waals surface area contributed by atoms with E-state index in [9.17, 15) is 22.4 Å². The molecule has 0 fully saturated rings. The number of para-hydroxylation sites is 1. The van der Waals surface area contributed by atoms with Gasteiger partial charge in [-0.2, -0.15) is 15.6 Å². The molecule has 2 amide bonds. The first-order valence-electron chi connectivity index (χ1n) is 13.6. The van der Waals surface area contributed by atoms with Gasteiger partial charge in [0.25, 0.3) is 5.91 Å². The van der Waals surface area contributed by atoms with Gasteiger partial charge in [-0.15, -0.1) is 0 Å². The van der Waals surface area contributed by atoms with Crippen LogP contribution < -0.4 is 15.4 Å². The monoisotopic (exact) mass is 615 g/mol. The first-order valence-corrected chi connectivity index (χ1v) is 15.0. The molecule has 0 spiro atoms. The molecule has 11 nitrogen and oxygen atoms in total. The summed E-state index contributed by atoms with van der Waals surface area (Å²) >= 11 is 0. The number of sulfonamides is 1. The molecule has 3 N–H and O–H groups in total. The molecule has 0 unspecified atom stereocenters. The Bertz CT molecular complexity index is 1900. The van der Waals surface area contributed by atoms with Crippen molar-refractivity contribution >= 4 is 32.7 Å². The van der Waals surface area contributed by atoms with Gasteiger partial charge in [-0.1, -0.05) is 45.0 Å². The summed E-state index contributed by atoms with van der Waals surface area (Å²) < 4.78 is 43.6. The lowest BCUT2D eigenvalue weighted by Gasteiger charge is -2.30. The minimum absolute atomic E-state index is 0.00684. The van der Waals surface area contributed by atoms with Crippen LogP contribution >= 0.6 is 0 Å². The second kappa shape index (κ2) is 13.0. The fourth-order valence-corrected chi connectivity index (χ4v) is 5.49. The van der Waals surface area contributed by atoms with Crippen LogP contribution in [0.4, 0.5) is 4.39 Å². The first-order chi connectivity index (χ1) is 20.8. The highest BCUT2D eigenvalue weighted by molar-refractivity contribution is 7.89. The zero-order valence-electron chi connectivity index (χ0n) is 24.3. The number of carbonyl (C=O) groups excluding carboxylic acids is 2. The van der Waals surface area contributed by atoms with Crippen LogP contribution in [0.2, 0.25) is 0 Å². The van der Waals surface area contributed by atoms with Gasteiger partial charge >= 0.3 is 0 Å². The Hall–Kier alpha value is -5.11. The number of aromatic nitrogens is 2. The lowest BCUT2D eigenvalue weighted by molar-refractivity contribution is -0.125. The molecule has 44 heavy (non-hydrogen) atoms. The van der Waals surface area contributed by atoms with E-state index < -0.39 is 39.1 Å². The summed E-state index contributed by atoms with van der Waals surface area (Å²) in [7, 11) is -3.86. The van der Waals surface area contributed by atoms with E-state index in [0.717, 1.165) is 6.07 Å². The quantitative estimate of drug-likeness (QED) is 0.230. The predicted molar refractivity (Wildman–Crippen MR) is 160 cm³/mol. The normalized spacial score (nSPS) is 12.2. The largest absolute Gasteiger partial charge is 0.353 e. The second-order valence-electron chi connectivity index (χ2n) is 11.0. The van der Waals surface area contributed by atoms with E-state index in [1.807, 2.05) is 12.1 Å². The average Bonchev–Trinajstić information content (AvgIpc) is 3.36. The maximum atomic E-state index is 14.6. The fourth-order valence-electron chi connectivity index (χ4n) is 4.46. The number of amides is 2. The summed E-state index contributed by atoms with van der Waals surface area (Å²) in [6, 6.07) is 19.3. The van der Waals surface area contributed by atoms with E-state index in [1.165, 1.54) is 41.1 Å². The molecule has 0 aliphatic heterocycles. The third-order valence-corrected chi connectivity index (χ3v) is 8.27. The van der Waals surface area contributed by atoms with E-state index in [4.69, 9.17) is 10.5 Å². The van der Waals surface area contributed by atoms with E-state index in [0.29, 0.717) is 16.5 Å². The third kappa shape index (κ3) is 7.26. The van der Waals surface area contributed by atoms with Gasteiger partial charge < -0.3 is 10.6 Å². The number of hydrogen-bond acceptors (Lipinski definition) is 7. The second-order valence-corrected chi connectivity index (χ2v) is 12.8. The van der Waals surface area contributed by atoms with E-state index in [2.05, 4.69) is 20.5 Å². The Morgan fingerprint density at radius 1 is 0.977 bits per heavy atom. The van der Waals surface area contributed by atoms with Crippen LogP contribution in [0.1, 0.15) is 48.0 Å². The van der Waals surface area contributed by atoms with Crippen molar-refractivity contribution in [2.24, 2.45) is 5.41 Å². The SMILES string of the molecule is CC(C)(C)[C@H](NC(=O)c1nn(Cc2ccc(C#N)cc2F)c2ccccc12)C(=O)NCCNS(=O)(=O)c1ccc(C#N)cc1. The number of nitrogens with one attached hydrogen (secondary N) is 3. The number of carbonyl (C=O) groups is 2. The summed E-state index contributed by atoms with van der Waals surface area (Å²) in [6.07, 6.45) is 0. The van der Waals surface area contributed by atoms with Crippen molar-refractivity contribution in [3.8, 4) is 12.1 Å². The molecular formula is C31H30FN7O4S. The number of rotatable bonds is 10. The zero-order valence-corrected chi connectivity index (χ0v) is 25.1. The van der Waals surface area contributed by atoms with Crippen molar-refractivity contribution in [1.29, 1.82) is 10.5 Å². The van der Waals surface area contributed by atoms with Crippen LogP contribution in [0.5, 0.6) is 0 Å². The lowest BCUT2D eigenvalue weighted by Crippen LogP contribution is -2.54. The third-order valence-electron chi connectivity index (χ3n) is 6.79. The van der Waals surface area contributed by atoms with Gasteiger partial charge in [-0.3, -0.25) is 14.3 Å². The number of halogens is 1. The molecule has 0 bridgehead atoms. The van der Waals surface area contributed by atoms with Crippen LogP contribution in [-0.4, -0.2) is 49.1 Å². The Morgan fingerprint density at radius 3 is 2.27 bits per heavy atom. The van der Waals surface area contributed by atoms with Crippen molar-refractivity contribution in [3.05, 3.63) is 94.9 Å². The Kier molecular flexibility index (Phi) is 9.43. The molecule has 4 rings (SSSR count). The highest BCUT2D eigenvalue weighted by Gasteiger charge is 2.34. The number of nitrogens with zero attached hydrogens (tertiary/aromatic N) is 4. The van der Waals surface area contributed by atoms with E-state index >= 15 is 0 Å². The van der Waals surface area contributed by atoms with Crippen LogP contribution in [0, 0.1) is 33.9 Å². The minimum atomic E-state index is -3.86. The molecule has 3 aromatic carbocycles. The van der Waals surface area contributed by atoms with Gasteiger partial charge in [0.1, 0.15) is 11.9 Å². The first kappa shape index (κ1) is 31.8. The number of fused-ring (bicyclic) bond motifs is 1. The molecule has 0 aliphatic rings. The lowest BCUT2D eigenvalue weighted by atomic mass is 9.86. The maximum Gasteiger partial charge on any atom is 0.273 e. The van der Waals surface area contributed by atoms with E-state index in [-0.39, 0.29) is 41.4 Å². The van der Waals surface area contributed by atoms with Crippen molar-refractivity contribution in [2.45, 2.75) is 38.3 Å². The standard InChI is InChI=1S/C31H30FN7O4S/c1-31(2,3)28(30(41)35-14-15-36-44(42,43)23-12-9-20(17-33)10-13-23)37-29(40)27-24-6-4-5-7-26(24)39(38-27)19-22-11-8-21(18-34)16-25(22)32/h4-13,16,28,36H,14-15,19H2,1-3H3,(H,35,41)(H,37,40)/t28-/m1/s1. The van der Waals surface area contributed by atoms with Gasteiger partial charge in [0.15, 0.2) is 5.69 Å². The Labute approximate surface area is 254 Å². The van der Waals surface area contributed by atoms with Crippen molar-refractivity contribution < 1.29 is 22.4 Å². The summed E-state index contributed by atoms with van der Waals surface area (Å²) in [6.45, 7) is 5.16. The molecule has 0 aliphatic carbocycles. The Morgan fingerprint density at radius 2 is 1.64 bits per heavy atom. The summed E-state index contributed by atoms with van der Waals surface area (Å²) in [5.74, 6) is -1.71. The van der Waals surface area contributed by atoms with Crippen LogP contribution in [-0.2, 0) is 21.4 Å². The average molecular weight is 616 g/mol. The van der Waals surface area contributed by atoms with Gasteiger partial charge in [0.2, 0.25) is 15.9 Å². The topological polar surface area (TPSA) is 170 Å². The molecular weight excluding hydrogens is 585 g/mol. The highest BCUT2D eigenvalue weighted by atomic mass is 32.2. The molecule has 226 valence electrons. The molecule has 1 atom stereocenters. The highest BCUT2D eigenvalue weighted by Crippen LogP contribution is 2.23. The molecule has 13 heteroatoms. The van der Waals surface area contributed by atoms with Crippen molar-refractivity contribution in [1.82, 2.24) is 25.1 Å². The number of hydrogen-bond donors (Lipinski definition) is 3. The summed E-state index contributed by atoms with van der Waals surface area (Å²) in [4.78, 5) is 26.7. The minimum Gasteiger partial charge on any atom is -0.353 e. The molecule has 1 aromatic heterocycles. The predicted octanol–water partition coefficient (Wildman–Crippen LogP) is 3.21. The van der Waals surface area contributed by atoms with Gasteiger partial charge in [0, 0.05) is 24.0 Å². The van der Waals surface area contributed by atoms with Gasteiger partial charge in [0.05, 0.1) is 40.2 Å². The van der Waals surface area contributed by atoms with Crippen molar-refractivity contribution in [3.63, 3.8) is 0 Å². The fraction of sp³-hybridized carbons (Fsp3) is 0.258. The van der Waals surface area contributed by atoms with E-state index in [1.54, 1.807) is 45.0 Å². The van der Waals surface area contributed by atoms with Crippen LogP contribution in [0.3, 0.4) is 0 Å². The molecule has 0 radical (unpaired) electrons. The maximum absolute atomic E-state index is 14.6. The van der Waals surface area contributed by atoms with Crippen LogP contribution in [0.15, 0.2) is 71.6 Å².